The molecule has 0 aliphatic carbocycles. The van der Waals surface area contributed by atoms with Gasteiger partial charge < -0.3 is 10.1 Å². The van der Waals surface area contributed by atoms with E-state index in [0.717, 1.165) is 4.52 Å². The third-order valence-electron chi connectivity index (χ3n) is 3.38. The SMILES string of the molecule is COc1cc(NC(=O)c2cnn3c(C(F)F)cc(C)nc23)nn1C. The molecule has 0 aliphatic heterocycles. The Morgan fingerprint density at radius 3 is 2.75 bits per heavy atom. The zero-order chi connectivity index (χ0) is 17.4. The second kappa shape index (κ2) is 5.87. The Morgan fingerprint density at radius 1 is 1.38 bits per heavy atom. The Labute approximate surface area is 135 Å². The zero-order valence-corrected chi connectivity index (χ0v) is 13.1. The molecule has 0 fully saturated rings. The van der Waals surface area contributed by atoms with Gasteiger partial charge >= 0.3 is 0 Å². The van der Waals surface area contributed by atoms with Crippen LogP contribution in [0.3, 0.4) is 0 Å². The topological polar surface area (TPSA) is 86.3 Å². The van der Waals surface area contributed by atoms with Crippen molar-refractivity contribution in [2.24, 2.45) is 7.05 Å². The highest BCUT2D eigenvalue weighted by molar-refractivity contribution is 6.07. The van der Waals surface area contributed by atoms with Gasteiger partial charge in [-0.3, -0.25) is 4.79 Å². The fraction of sp³-hybridized carbons (Fsp3) is 0.286. The molecule has 3 aromatic heterocycles. The third kappa shape index (κ3) is 2.66. The van der Waals surface area contributed by atoms with Gasteiger partial charge in [-0.25, -0.2) is 23.0 Å². The predicted molar refractivity (Wildman–Crippen MR) is 80.4 cm³/mol. The molecule has 8 nitrogen and oxygen atoms in total. The number of carbonyl (C=O) groups is 1. The highest BCUT2D eigenvalue weighted by atomic mass is 19.3. The molecule has 0 saturated carbocycles. The number of hydrogen-bond acceptors (Lipinski definition) is 5. The smallest absolute Gasteiger partial charge is 0.280 e. The number of halogens is 2. The minimum absolute atomic E-state index is 0.0608. The third-order valence-corrected chi connectivity index (χ3v) is 3.38. The van der Waals surface area contributed by atoms with Gasteiger partial charge in [-0.05, 0) is 13.0 Å². The van der Waals surface area contributed by atoms with E-state index in [9.17, 15) is 13.6 Å². The number of alkyl halides is 2. The Bertz CT molecular complexity index is 918. The summed E-state index contributed by atoms with van der Waals surface area (Å²) in [5, 5.41) is 10.5. The van der Waals surface area contributed by atoms with Gasteiger partial charge in [-0.15, -0.1) is 0 Å². The number of fused-ring (bicyclic) bond motifs is 1. The summed E-state index contributed by atoms with van der Waals surface area (Å²) in [5.74, 6) is 0.170. The summed E-state index contributed by atoms with van der Waals surface area (Å²) < 4.78 is 33.7. The number of hydrogen-bond donors (Lipinski definition) is 1. The summed E-state index contributed by atoms with van der Waals surface area (Å²) in [7, 11) is 3.14. The van der Waals surface area contributed by atoms with Crippen LogP contribution in [0, 0.1) is 6.92 Å². The van der Waals surface area contributed by atoms with E-state index in [1.165, 1.54) is 30.1 Å². The fourth-order valence-corrected chi connectivity index (χ4v) is 2.31. The van der Waals surface area contributed by atoms with Gasteiger partial charge in [0.05, 0.1) is 13.3 Å². The first-order valence-corrected chi connectivity index (χ1v) is 6.93. The number of methoxy groups -OCH3 is 1. The van der Waals surface area contributed by atoms with Gasteiger partial charge in [0.2, 0.25) is 5.88 Å². The summed E-state index contributed by atoms with van der Waals surface area (Å²) in [6.45, 7) is 1.57. The van der Waals surface area contributed by atoms with Gasteiger partial charge in [-0.2, -0.15) is 10.2 Å². The maximum Gasteiger partial charge on any atom is 0.280 e. The minimum atomic E-state index is -2.73. The van der Waals surface area contributed by atoms with Crippen molar-refractivity contribution >= 4 is 17.4 Å². The van der Waals surface area contributed by atoms with Crippen molar-refractivity contribution in [2.75, 3.05) is 12.4 Å². The second-order valence-corrected chi connectivity index (χ2v) is 5.07. The van der Waals surface area contributed by atoms with E-state index in [2.05, 4.69) is 20.5 Å². The first-order valence-electron chi connectivity index (χ1n) is 6.93. The van der Waals surface area contributed by atoms with Crippen LogP contribution in [0.4, 0.5) is 14.6 Å². The number of amides is 1. The van der Waals surface area contributed by atoms with E-state index >= 15 is 0 Å². The van der Waals surface area contributed by atoms with E-state index in [-0.39, 0.29) is 22.7 Å². The van der Waals surface area contributed by atoms with Crippen LogP contribution in [-0.2, 0) is 7.05 Å². The van der Waals surface area contributed by atoms with Gasteiger partial charge in [0.1, 0.15) is 11.3 Å². The van der Waals surface area contributed by atoms with Gasteiger partial charge in [0.15, 0.2) is 11.5 Å². The van der Waals surface area contributed by atoms with Crippen molar-refractivity contribution in [3.63, 3.8) is 0 Å². The summed E-state index contributed by atoms with van der Waals surface area (Å²) in [6, 6.07) is 2.77. The first kappa shape index (κ1) is 15.8. The lowest BCUT2D eigenvalue weighted by Gasteiger charge is -2.05. The van der Waals surface area contributed by atoms with E-state index in [1.54, 1.807) is 14.0 Å². The lowest BCUT2D eigenvalue weighted by Crippen LogP contribution is -2.13. The number of nitrogens with one attached hydrogen (secondary N) is 1. The van der Waals surface area contributed by atoms with Crippen molar-refractivity contribution in [1.29, 1.82) is 0 Å². The number of anilines is 1. The van der Waals surface area contributed by atoms with Gasteiger partial charge in [0, 0.05) is 18.8 Å². The molecule has 0 aromatic carbocycles. The number of aryl methyl sites for hydroxylation is 2. The molecule has 1 N–H and O–H groups in total. The van der Waals surface area contributed by atoms with Crippen LogP contribution in [-0.4, -0.2) is 37.4 Å². The molecule has 0 unspecified atom stereocenters. The molecule has 0 atom stereocenters. The Kier molecular flexibility index (Phi) is 3.87. The van der Waals surface area contributed by atoms with Crippen LogP contribution in [0.15, 0.2) is 18.3 Å². The molecule has 0 radical (unpaired) electrons. The van der Waals surface area contributed by atoms with E-state index < -0.39 is 12.3 Å². The van der Waals surface area contributed by atoms with Gasteiger partial charge in [0.25, 0.3) is 12.3 Å². The maximum atomic E-state index is 13.1. The van der Waals surface area contributed by atoms with Crippen molar-refractivity contribution < 1.29 is 18.3 Å². The molecule has 3 rings (SSSR count). The number of rotatable bonds is 4. The molecule has 0 aliphatic rings. The molecular weight excluding hydrogens is 322 g/mol. The van der Waals surface area contributed by atoms with Crippen LogP contribution in [0.1, 0.15) is 28.2 Å². The monoisotopic (exact) mass is 336 g/mol. The highest BCUT2D eigenvalue weighted by Crippen LogP contribution is 2.22. The fourth-order valence-electron chi connectivity index (χ4n) is 2.31. The molecule has 0 spiro atoms. The van der Waals surface area contributed by atoms with Crippen molar-refractivity contribution in [1.82, 2.24) is 24.4 Å². The van der Waals surface area contributed by atoms with E-state index in [1.807, 2.05) is 0 Å². The van der Waals surface area contributed by atoms with Crippen LogP contribution >= 0.6 is 0 Å². The molecule has 3 aromatic rings. The summed E-state index contributed by atoms with van der Waals surface area (Å²) in [4.78, 5) is 16.5. The van der Waals surface area contributed by atoms with E-state index in [4.69, 9.17) is 4.74 Å². The lowest BCUT2D eigenvalue weighted by atomic mass is 10.3. The van der Waals surface area contributed by atoms with Crippen LogP contribution in [0.25, 0.3) is 5.65 Å². The van der Waals surface area contributed by atoms with Crippen molar-refractivity contribution in [2.45, 2.75) is 13.3 Å². The highest BCUT2D eigenvalue weighted by Gasteiger charge is 2.21. The number of nitrogens with zero attached hydrogens (tertiary/aromatic N) is 5. The van der Waals surface area contributed by atoms with Crippen LogP contribution in [0.2, 0.25) is 0 Å². The zero-order valence-electron chi connectivity index (χ0n) is 13.1. The number of aromatic nitrogens is 5. The molecular formula is C14H14F2N6O2. The predicted octanol–water partition coefficient (Wildman–Crippen LogP) is 1.97. The summed E-state index contributed by atoms with van der Waals surface area (Å²) in [5.41, 5.74) is 0.179. The Hall–Kier alpha value is -3.04. The van der Waals surface area contributed by atoms with Crippen molar-refractivity contribution in [3.8, 4) is 5.88 Å². The molecule has 0 bridgehead atoms. The van der Waals surface area contributed by atoms with E-state index in [0.29, 0.717) is 11.6 Å². The van der Waals surface area contributed by atoms with Crippen molar-refractivity contribution in [3.05, 3.63) is 35.3 Å². The Balaban J connectivity index is 1.98. The molecule has 126 valence electrons. The average Bonchev–Trinajstić information content (AvgIpc) is 3.09. The van der Waals surface area contributed by atoms with Gasteiger partial charge in [-0.1, -0.05) is 0 Å². The number of carbonyl (C=O) groups excluding carboxylic acids is 1. The quantitative estimate of drug-likeness (QED) is 0.787. The first-order chi connectivity index (χ1) is 11.4. The standard InChI is InChI=1S/C14H14F2N6O2/c1-7-4-9(12(15)16)22-13(18-7)8(6-17-22)14(23)19-10-5-11(24-3)21(2)20-10/h4-6,12H,1-3H3,(H,19,20,23). The number of ether oxygens (including phenoxy) is 1. The summed E-state index contributed by atoms with van der Waals surface area (Å²) in [6.07, 6.45) is -1.53. The van der Waals surface area contributed by atoms with Crippen LogP contribution < -0.4 is 10.1 Å². The molecule has 1 amide bonds. The molecule has 0 saturated heterocycles. The lowest BCUT2D eigenvalue weighted by molar-refractivity contribution is 0.102. The molecule has 10 heteroatoms. The van der Waals surface area contributed by atoms with Crippen LogP contribution in [0.5, 0.6) is 5.88 Å². The second-order valence-electron chi connectivity index (χ2n) is 5.07. The largest absolute Gasteiger partial charge is 0.481 e. The maximum absolute atomic E-state index is 13.1. The normalized spacial score (nSPS) is 11.2. The summed E-state index contributed by atoms with van der Waals surface area (Å²) >= 11 is 0. The molecule has 24 heavy (non-hydrogen) atoms. The minimum Gasteiger partial charge on any atom is -0.481 e. The Morgan fingerprint density at radius 2 is 2.12 bits per heavy atom. The average molecular weight is 336 g/mol. The molecule has 3 heterocycles.